The lowest BCUT2D eigenvalue weighted by Crippen LogP contribution is -2.30. The maximum absolute atomic E-state index is 13.0. The van der Waals surface area contributed by atoms with Crippen molar-refractivity contribution in [2.24, 2.45) is 5.92 Å². The van der Waals surface area contributed by atoms with Crippen LogP contribution in [0.1, 0.15) is 41.1 Å². The molecule has 2 heterocycles. The Kier molecular flexibility index (Phi) is 6.60. The molecule has 0 aliphatic heterocycles. The number of nitrogens with zero attached hydrogens (tertiary/aromatic N) is 2. The first-order valence-electron chi connectivity index (χ1n) is 10.4. The smallest absolute Gasteiger partial charge is 0.290 e. The monoisotopic (exact) mass is 402 g/mol. The predicted molar refractivity (Wildman–Crippen MR) is 115 cm³/mol. The van der Waals surface area contributed by atoms with Gasteiger partial charge in [-0.1, -0.05) is 30.4 Å². The number of benzene rings is 1. The third-order valence-corrected chi connectivity index (χ3v) is 5.23. The standard InChI is InChI=1S/C25H26N2O3/c28-25(24-13-7-15-29-24)27(18-22-11-4-5-14-26-22)17-21-10-6-12-23(16-21)30-19-20-8-2-1-3-9-20/h1-2,4-7,10-16,20H,3,8-9,17-19H2/t20-/m1/s1. The van der Waals surface area contributed by atoms with Crippen LogP contribution in [-0.2, 0) is 13.1 Å². The molecule has 30 heavy (non-hydrogen) atoms. The average molecular weight is 402 g/mol. The van der Waals surface area contributed by atoms with Crippen LogP contribution in [-0.4, -0.2) is 22.4 Å². The Labute approximate surface area is 177 Å². The van der Waals surface area contributed by atoms with Crippen LogP contribution in [0.4, 0.5) is 0 Å². The summed E-state index contributed by atoms with van der Waals surface area (Å²) in [4.78, 5) is 19.1. The Morgan fingerprint density at radius 2 is 2.07 bits per heavy atom. The fraction of sp³-hybridized carbons (Fsp3) is 0.280. The molecule has 5 heteroatoms. The molecular weight excluding hydrogens is 376 g/mol. The van der Waals surface area contributed by atoms with Crippen LogP contribution in [0, 0.1) is 5.92 Å². The summed E-state index contributed by atoms with van der Waals surface area (Å²) in [5, 5.41) is 0. The molecule has 0 bridgehead atoms. The molecule has 2 aromatic heterocycles. The van der Waals surface area contributed by atoms with E-state index >= 15 is 0 Å². The van der Waals surface area contributed by atoms with Crippen LogP contribution >= 0.6 is 0 Å². The molecule has 0 radical (unpaired) electrons. The molecule has 0 N–H and O–H groups in total. The number of furan rings is 1. The predicted octanol–water partition coefficient (Wildman–Crippen LogP) is 5.25. The van der Waals surface area contributed by atoms with E-state index in [-0.39, 0.29) is 5.91 Å². The lowest BCUT2D eigenvalue weighted by atomic mass is 9.95. The lowest BCUT2D eigenvalue weighted by molar-refractivity contribution is 0.0695. The number of aromatic nitrogens is 1. The number of ether oxygens (including phenoxy) is 1. The second kappa shape index (κ2) is 9.92. The van der Waals surface area contributed by atoms with Gasteiger partial charge < -0.3 is 14.1 Å². The van der Waals surface area contributed by atoms with Gasteiger partial charge in [-0.25, -0.2) is 0 Å². The summed E-state index contributed by atoms with van der Waals surface area (Å²) in [5.41, 5.74) is 1.84. The van der Waals surface area contributed by atoms with E-state index in [9.17, 15) is 4.79 Å². The van der Waals surface area contributed by atoms with E-state index in [0.29, 0.717) is 24.8 Å². The van der Waals surface area contributed by atoms with Crippen molar-refractivity contribution in [2.45, 2.75) is 32.4 Å². The molecule has 0 spiro atoms. The first kappa shape index (κ1) is 20.0. The van der Waals surface area contributed by atoms with E-state index in [0.717, 1.165) is 36.5 Å². The summed E-state index contributed by atoms with van der Waals surface area (Å²) in [6.07, 6.45) is 11.1. The number of carbonyl (C=O) groups excluding carboxylic acids is 1. The molecule has 3 aromatic rings. The highest BCUT2D eigenvalue weighted by Crippen LogP contribution is 2.22. The van der Waals surface area contributed by atoms with Crippen molar-refractivity contribution >= 4 is 5.91 Å². The van der Waals surface area contributed by atoms with Crippen LogP contribution in [0.15, 0.2) is 83.6 Å². The molecule has 1 atom stereocenters. The van der Waals surface area contributed by atoms with Gasteiger partial charge in [-0.15, -0.1) is 0 Å². The van der Waals surface area contributed by atoms with E-state index in [1.165, 1.54) is 12.7 Å². The van der Waals surface area contributed by atoms with Crippen LogP contribution in [0.25, 0.3) is 0 Å². The van der Waals surface area contributed by atoms with Gasteiger partial charge >= 0.3 is 0 Å². The van der Waals surface area contributed by atoms with Gasteiger partial charge in [0.2, 0.25) is 0 Å². The maximum atomic E-state index is 13.0. The van der Waals surface area contributed by atoms with Crippen molar-refractivity contribution in [3.63, 3.8) is 0 Å². The van der Waals surface area contributed by atoms with Crippen molar-refractivity contribution in [2.75, 3.05) is 6.61 Å². The third kappa shape index (κ3) is 5.38. The zero-order valence-corrected chi connectivity index (χ0v) is 16.9. The minimum absolute atomic E-state index is 0.161. The number of pyridine rings is 1. The van der Waals surface area contributed by atoms with Gasteiger partial charge in [-0.05, 0) is 67.1 Å². The Balaban J connectivity index is 1.46. The molecule has 0 fully saturated rings. The molecule has 4 rings (SSSR count). The minimum Gasteiger partial charge on any atom is -0.493 e. The molecule has 1 amide bonds. The molecule has 1 aliphatic carbocycles. The summed E-state index contributed by atoms with van der Waals surface area (Å²) in [5.74, 6) is 1.57. The van der Waals surface area contributed by atoms with Crippen LogP contribution in [0.5, 0.6) is 5.75 Å². The molecule has 5 nitrogen and oxygen atoms in total. The maximum Gasteiger partial charge on any atom is 0.290 e. The van der Waals surface area contributed by atoms with Crippen molar-refractivity contribution in [3.8, 4) is 5.75 Å². The first-order chi connectivity index (χ1) is 14.8. The Morgan fingerprint density at radius 1 is 1.10 bits per heavy atom. The molecule has 0 saturated carbocycles. The van der Waals surface area contributed by atoms with Crippen LogP contribution < -0.4 is 4.74 Å². The highest BCUT2D eigenvalue weighted by Gasteiger charge is 2.20. The number of carbonyl (C=O) groups is 1. The summed E-state index contributed by atoms with van der Waals surface area (Å²) in [6, 6.07) is 17.1. The summed E-state index contributed by atoms with van der Waals surface area (Å²) in [6.45, 7) is 1.57. The fourth-order valence-electron chi connectivity index (χ4n) is 3.62. The first-order valence-corrected chi connectivity index (χ1v) is 10.4. The summed E-state index contributed by atoms with van der Waals surface area (Å²) < 4.78 is 11.4. The Morgan fingerprint density at radius 3 is 2.83 bits per heavy atom. The van der Waals surface area contributed by atoms with Crippen LogP contribution in [0.2, 0.25) is 0 Å². The topological polar surface area (TPSA) is 55.6 Å². The van der Waals surface area contributed by atoms with Gasteiger partial charge in [0, 0.05) is 12.7 Å². The van der Waals surface area contributed by atoms with E-state index in [1.807, 2.05) is 42.5 Å². The highest BCUT2D eigenvalue weighted by molar-refractivity contribution is 5.91. The van der Waals surface area contributed by atoms with E-state index in [4.69, 9.17) is 9.15 Å². The van der Waals surface area contributed by atoms with Gasteiger partial charge in [0.25, 0.3) is 5.91 Å². The van der Waals surface area contributed by atoms with Gasteiger partial charge in [0.1, 0.15) is 5.75 Å². The largest absolute Gasteiger partial charge is 0.493 e. The second-order valence-corrected chi connectivity index (χ2v) is 7.57. The molecule has 1 aromatic carbocycles. The highest BCUT2D eigenvalue weighted by atomic mass is 16.5. The number of allylic oxidation sites excluding steroid dienone is 2. The number of hydrogen-bond acceptors (Lipinski definition) is 4. The molecular formula is C25H26N2O3. The van der Waals surface area contributed by atoms with Gasteiger partial charge in [-0.2, -0.15) is 0 Å². The quantitative estimate of drug-likeness (QED) is 0.483. The van der Waals surface area contributed by atoms with E-state index in [2.05, 4.69) is 17.1 Å². The lowest BCUT2D eigenvalue weighted by Gasteiger charge is -2.22. The summed E-state index contributed by atoms with van der Waals surface area (Å²) in [7, 11) is 0. The number of hydrogen-bond donors (Lipinski definition) is 0. The minimum atomic E-state index is -0.161. The van der Waals surface area contributed by atoms with Crippen LogP contribution in [0.3, 0.4) is 0 Å². The van der Waals surface area contributed by atoms with Gasteiger partial charge in [0.05, 0.1) is 25.1 Å². The Hall–Kier alpha value is -3.34. The molecule has 0 unspecified atom stereocenters. The third-order valence-electron chi connectivity index (χ3n) is 5.23. The van der Waals surface area contributed by atoms with E-state index < -0.39 is 0 Å². The van der Waals surface area contributed by atoms with E-state index in [1.54, 1.807) is 23.2 Å². The van der Waals surface area contributed by atoms with Gasteiger partial charge in [-0.3, -0.25) is 9.78 Å². The van der Waals surface area contributed by atoms with Gasteiger partial charge in [0.15, 0.2) is 5.76 Å². The van der Waals surface area contributed by atoms with Crippen molar-refractivity contribution in [1.82, 2.24) is 9.88 Å². The normalized spacial score (nSPS) is 15.7. The molecule has 0 saturated heterocycles. The molecule has 154 valence electrons. The average Bonchev–Trinajstić information content (AvgIpc) is 3.33. The number of amides is 1. The fourth-order valence-corrected chi connectivity index (χ4v) is 3.62. The number of rotatable bonds is 8. The van der Waals surface area contributed by atoms with Crippen molar-refractivity contribution < 1.29 is 13.9 Å². The second-order valence-electron chi connectivity index (χ2n) is 7.57. The summed E-state index contributed by atoms with van der Waals surface area (Å²) >= 11 is 0. The zero-order chi connectivity index (χ0) is 20.6. The zero-order valence-electron chi connectivity index (χ0n) is 16.9. The molecule has 1 aliphatic rings. The van der Waals surface area contributed by atoms with Crippen molar-refractivity contribution in [1.29, 1.82) is 0 Å². The van der Waals surface area contributed by atoms with Crippen molar-refractivity contribution in [3.05, 3.63) is 96.2 Å². The SMILES string of the molecule is O=C(c1ccco1)N(Cc1cccc(OC[C@@H]2CC=CCC2)c1)Cc1ccccn1. The Bertz CT molecular complexity index is 967.